The summed E-state index contributed by atoms with van der Waals surface area (Å²) in [4.78, 5) is 4.05. The van der Waals surface area contributed by atoms with Gasteiger partial charge in [0.1, 0.15) is 0 Å². The number of hydrogen-bond acceptors (Lipinski definition) is 2. The largest absolute Gasteiger partial charge is 0.386 e. The van der Waals surface area contributed by atoms with Crippen molar-refractivity contribution < 1.29 is 5.11 Å². The smallest absolute Gasteiger partial charge is 0.0993 e. The third-order valence-corrected chi connectivity index (χ3v) is 1.95. The monoisotopic (exact) mass is 227 g/mol. The molecule has 0 aliphatic carbocycles. The number of nitrogens with zero attached hydrogens (tertiary/aromatic N) is 1. The fourth-order valence-electron chi connectivity index (χ4n) is 0.863. The first-order valence-electron chi connectivity index (χ1n) is 3.64. The number of aliphatic hydroxyl groups excluding tert-OH is 1. The average Bonchev–Trinajstić information content (AvgIpc) is 2.06. The van der Waals surface area contributed by atoms with E-state index in [9.17, 15) is 5.11 Å². The quantitative estimate of drug-likeness (QED) is 0.806. The summed E-state index contributed by atoms with van der Waals surface area (Å²) < 4.78 is 0.914. The Morgan fingerprint density at radius 3 is 2.92 bits per heavy atom. The fraction of sp³-hybridized carbons (Fsp3) is 0.222. The van der Waals surface area contributed by atoms with Crippen LogP contribution in [0.15, 0.2) is 35.5 Å². The van der Waals surface area contributed by atoms with Crippen molar-refractivity contribution in [3.05, 3.63) is 41.2 Å². The van der Waals surface area contributed by atoms with Crippen LogP contribution < -0.4 is 0 Å². The third kappa shape index (κ3) is 2.43. The van der Waals surface area contributed by atoms with Crippen LogP contribution in [-0.4, -0.2) is 10.1 Å². The van der Waals surface area contributed by atoms with Crippen LogP contribution in [0.5, 0.6) is 0 Å². The van der Waals surface area contributed by atoms with Gasteiger partial charge in [0.2, 0.25) is 0 Å². The Labute approximate surface area is 80.1 Å². The average molecular weight is 228 g/mol. The van der Waals surface area contributed by atoms with Gasteiger partial charge in [-0.3, -0.25) is 4.98 Å². The Morgan fingerprint density at radius 2 is 2.42 bits per heavy atom. The molecule has 1 N–H and O–H groups in total. The number of rotatable bonds is 3. The Balaban J connectivity index is 2.74. The van der Waals surface area contributed by atoms with E-state index >= 15 is 0 Å². The van der Waals surface area contributed by atoms with E-state index in [1.165, 1.54) is 0 Å². The zero-order chi connectivity index (χ0) is 8.97. The van der Waals surface area contributed by atoms with Crippen LogP contribution in [0.4, 0.5) is 0 Å². The molecule has 0 amide bonds. The topological polar surface area (TPSA) is 33.1 Å². The van der Waals surface area contributed by atoms with E-state index < -0.39 is 6.10 Å². The second-order valence-corrected chi connectivity index (χ2v) is 3.36. The molecule has 0 saturated heterocycles. The van der Waals surface area contributed by atoms with Gasteiger partial charge in [0.25, 0.3) is 0 Å². The molecule has 1 aromatic rings. The first kappa shape index (κ1) is 9.42. The van der Waals surface area contributed by atoms with E-state index in [0.29, 0.717) is 12.1 Å². The van der Waals surface area contributed by atoms with Gasteiger partial charge in [-0.05, 0) is 34.5 Å². The summed E-state index contributed by atoms with van der Waals surface area (Å²) in [7, 11) is 0. The summed E-state index contributed by atoms with van der Waals surface area (Å²) in [5.41, 5.74) is 0.679. The van der Waals surface area contributed by atoms with Crippen LogP contribution in [0.1, 0.15) is 18.2 Å². The lowest BCUT2D eigenvalue weighted by Crippen LogP contribution is -1.97. The number of pyridine rings is 1. The summed E-state index contributed by atoms with van der Waals surface area (Å²) in [5.74, 6) is 0. The van der Waals surface area contributed by atoms with Gasteiger partial charge in [-0.2, -0.15) is 0 Å². The molecule has 0 bridgehead atoms. The zero-order valence-corrected chi connectivity index (χ0v) is 8.16. The molecule has 0 saturated carbocycles. The molecule has 1 rings (SSSR count). The molecule has 3 heteroatoms. The standard InChI is InChI=1S/C9H10BrNO/c1-2-3-9(12)8-5-4-7(10)6-11-8/h2,4-6,9,12H,1,3H2. The second-order valence-electron chi connectivity index (χ2n) is 2.44. The third-order valence-electron chi connectivity index (χ3n) is 1.48. The molecule has 1 aromatic heterocycles. The SMILES string of the molecule is C=CCC(O)c1ccc(Br)cn1. The molecule has 0 aliphatic heterocycles. The Morgan fingerprint density at radius 1 is 1.67 bits per heavy atom. The van der Waals surface area contributed by atoms with Crippen molar-refractivity contribution in [2.24, 2.45) is 0 Å². The maximum absolute atomic E-state index is 9.46. The van der Waals surface area contributed by atoms with Crippen LogP contribution in [-0.2, 0) is 0 Å². The van der Waals surface area contributed by atoms with Gasteiger partial charge in [-0.25, -0.2) is 0 Å². The minimum Gasteiger partial charge on any atom is -0.386 e. The van der Waals surface area contributed by atoms with Gasteiger partial charge in [0.05, 0.1) is 11.8 Å². The molecule has 0 radical (unpaired) electrons. The molecular weight excluding hydrogens is 218 g/mol. The Bertz CT molecular complexity index is 258. The summed E-state index contributed by atoms with van der Waals surface area (Å²) >= 11 is 3.27. The van der Waals surface area contributed by atoms with Gasteiger partial charge in [-0.15, -0.1) is 6.58 Å². The van der Waals surface area contributed by atoms with Gasteiger partial charge >= 0.3 is 0 Å². The second kappa shape index (κ2) is 4.38. The van der Waals surface area contributed by atoms with Gasteiger partial charge in [0.15, 0.2) is 0 Å². The van der Waals surface area contributed by atoms with E-state index in [0.717, 1.165) is 4.47 Å². The maximum Gasteiger partial charge on any atom is 0.0993 e. The van der Waals surface area contributed by atoms with Crippen LogP contribution in [0.2, 0.25) is 0 Å². The van der Waals surface area contributed by atoms with Crippen LogP contribution in [0, 0.1) is 0 Å². The van der Waals surface area contributed by atoms with Crippen molar-refractivity contribution in [2.45, 2.75) is 12.5 Å². The van der Waals surface area contributed by atoms with E-state index in [1.807, 2.05) is 6.07 Å². The molecule has 0 fully saturated rings. The highest BCUT2D eigenvalue weighted by molar-refractivity contribution is 9.10. The molecule has 12 heavy (non-hydrogen) atoms. The molecule has 2 nitrogen and oxygen atoms in total. The predicted octanol–water partition coefficient (Wildman–Crippen LogP) is 2.45. The normalized spacial score (nSPS) is 12.5. The van der Waals surface area contributed by atoms with E-state index in [4.69, 9.17) is 0 Å². The highest BCUT2D eigenvalue weighted by atomic mass is 79.9. The summed E-state index contributed by atoms with van der Waals surface area (Å²) in [6, 6.07) is 3.65. The Kier molecular flexibility index (Phi) is 3.44. The molecule has 0 aliphatic rings. The maximum atomic E-state index is 9.46. The van der Waals surface area contributed by atoms with E-state index in [-0.39, 0.29) is 0 Å². The molecule has 1 unspecified atom stereocenters. The molecule has 0 spiro atoms. The summed E-state index contributed by atoms with van der Waals surface area (Å²) in [5, 5.41) is 9.46. The number of aliphatic hydroxyl groups is 1. The molecule has 1 heterocycles. The minimum absolute atomic E-state index is 0.532. The Hall–Kier alpha value is -0.670. The van der Waals surface area contributed by atoms with Gasteiger partial charge in [-0.1, -0.05) is 6.08 Å². The van der Waals surface area contributed by atoms with Crippen molar-refractivity contribution in [2.75, 3.05) is 0 Å². The minimum atomic E-state index is -0.532. The number of hydrogen-bond donors (Lipinski definition) is 1. The van der Waals surface area contributed by atoms with Crippen molar-refractivity contribution in [1.82, 2.24) is 4.98 Å². The molecule has 64 valence electrons. The van der Waals surface area contributed by atoms with Crippen molar-refractivity contribution >= 4 is 15.9 Å². The summed E-state index contributed by atoms with van der Waals surface area (Å²) in [6.07, 6.45) is 3.35. The van der Waals surface area contributed by atoms with Crippen molar-refractivity contribution in [3.8, 4) is 0 Å². The molecule has 1 atom stereocenters. The van der Waals surface area contributed by atoms with Crippen LogP contribution >= 0.6 is 15.9 Å². The molecule has 0 aromatic carbocycles. The predicted molar refractivity (Wildman–Crippen MR) is 51.7 cm³/mol. The lowest BCUT2D eigenvalue weighted by Gasteiger charge is -2.06. The lowest BCUT2D eigenvalue weighted by molar-refractivity contribution is 0.177. The molecular formula is C9H10BrNO. The highest BCUT2D eigenvalue weighted by Crippen LogP contribution is 2.16. The van der Waals surface area contributed by atoms with Gasteiger partial charge in [0, 0.05) is 10.7 Å². The zero-order valence-electron chi connectivity index (χ0n) is 6.57. The van der Waals surface area contributed by atoms with Crippen LogP contribution in [0.3, 0.4) is 0 Å². The van der Waals surface area contributed by atoms with Gasteiger partial charge < -0.3 is 5.11 Å². The van der Waals surface area contributed by atoms with E-state index in [1.54, 1.807) is 18.3 Å². The van der Waals surface area contributed by atoms with Crippen molar-refractivity contribution in [3.63, 3.8) is 0 Å². The lowest BCUT2D eigenvalue weighted by atomic mass is 10.2. The van der Waals surface area contributed by atoms with Crippen LogP contribution in [0.25, 0.3) is 0 Å². The number of halogens is 1. The van der Waals surface area contributed by atoms with E-state index in [2.05, 4.69) is 27.5 Å². The highest BCUT2D eigenvalue weighted by Gasteiger charge is 2.05. The first-order valence-corrected chi connectivity index (χ1v) is 4.43. The van der Waals surface area contributed by atoms with Crippen molar-refractivity contribution in [1.29, 1.82) is 0 Å². The first-order chi connectivity index (χ1) is 5.74. The fourth-order valence-corrected chi connectivity index (χ4v) is 1.10. The summed E-state index contributed by atoms with van der Waals surface area (Å²) in [6.45, 7) is 3.55. The number of aromatic nitrogens is 1.